The van der Waals surface area contributed by atoms with Crippen LogP contribution in [0.25, 0.3) is 0 Å². The lowest BCUT2D eigenvalue weighted by Gasteiger charge is -2.26. The number of aromatic nitrogens is 2. The number of methoxy groups -OCH3 is 1. The van der Waals surface area contributed by atoms with Crippen LogP contribution >= 0.6 is 0 Å². The second-order valence-electron chi connectivity index (χ2n) is 5.30. The van der Waals surface area contributed by atoms with E-state index in [1.54, 1.807) is 13.3 Å². The van der Waals surface area contributed by atoms with E-state index in [2.05, 4.69) is 10.4 Å². The van der Waals surface area contributed by atoms with Crippen molar-refractivity contribution in [1.29, 1.82) is 0 Å². The molecule has 0 aromatic carbocycles. The summed E-state index contributed by atoms with van der Waals surface area (Å²) < 4.78 is 7.35. The van der Waals surface area contributed by atoms with Crippen LogP contribution in [-0.4, -0.2) is 23.9 Å². The van der Waals surface area contributed by atoms with Gasteiger partial charge in [0, 0.05) is 7.05 Å². The Balaban J connectivity index is 2.09. The number of nitrogens with zero attached hydrogens (tertiary/aromatic N) is 2. The van der Waals surface area contributed by atoms with E-state index in [0.717, 1.165) is 11.7 Å². The quantitative estimate of drug-likeness (QED) is 0.874. The Morgan fingerprint density at radius 1 is 1.44 bits per heavy atom. The highest BCUT2D eigenvalue weighted by molar-refractivity contribution is 5.28. The molecular formula is C14H25N3O. The smallest absolute Gasteiger partial charge is 0.161 e. The molecule has 4 heteroatoms. The lowest BCUT2D eigenvalue weighted by Crippen LogP contribution is -2.23. The standard InChI is InChI=1S/C14H25N3O/c1-15-12(9-11-7-5-4-6-8-11)14-13(18-3)10-16-17(14)2/h10-12,15H,4-9H2,1-3H3. The fourth-order valence-electron chi connectivity index (χ4n) is 3.10. The van der Waals surface area contributed by atoms with Crippen molar-refractivity contribution in [3.8, 4) is 5.75 Å². The van der Waals surface area contributed by atoms with Crippen molar-refractivity contribution in [1.82, 2.24) is 15.1 Å². The first-order valence-corrected chi connectivity index (χ1v) is 6.99. The summed E-state index contributed by atoms with van der Waals surface area (Å²) in [6.07, 6.45) is 9.94. The number of rotatable bonds is 5. The van der Waals surface area contributed by atoms with Gasteiger partial charge in [-0.2, -0.15) is 5.10 Å². The van der Waals surface area contributed by atoms with Gasteiger partial charge in [-0.05, 0) is 19.4 Å². The molecule has 0 amide bonds. The van der Waals surface area contributed by atoms with Gasteiger partial charge >= 0.3 is 0 Å². The summed E-state index contributed by atoms with van der Waals surface area (Å²) in [5, 5.41) is 7.73. The van der Waals surface area contributed by atoms with Crippen molar-refractivity contribution in [2.75, 3.05) is 14.2 Å². The van der Waals surface area contributed by atoms with Crippen LogP contribution in [0.5, 0.6) is 5.75 Å². The second kappa shape index (κ2) is 6.23. The van der Waals surface area contributed by atoms with Crippen LogP contribution in [0.4, 0.5) is 0 Å². The van der Waals surface area contributed by atoms with Gasteiger partial charge in [0.25, 0.3) is 0 Å². The highest BCUT2D eigenvalue weighted by Gasteiger charge is 2.24. The van der Waals surface area contributed by atoms with Crippen LogP contribution < -0.4 is 10.1 Å². The van der Waals surface area contributed by atoms with Crippen LogP contribution in [-0.2, 0) is 7.05 Å². The molecule has 1 saturated carbocycles. The molecule has 0 aliphatic heterocycles. The van der Waals surface area contributed by atoms with Crippen LogP contribution in [0.2, 0.25) is 0 Å². The topological polar surface area (TPSA) is 39.1 Å². The molecule has 0 saturated heterocycles. The maximum absolute atomic E-state index is 5.41. The molecule has 0 spiro atoms. The van der Waals surface area contributed by atoms with Crippen molar-refractivity contribution >= 4 is 0 Å². The highest BCUT2D eigenvalue weighted by atomic mass is 16.5. The zero-order chi connectivity index (χ0) is 13.0. The van der Waals surface area contributed by atoms with Gasteiger partial charge in [0.15, 0.2) is 5.75 Å². The molecule has 1 aliphatic rings. The number of aryl methyl sites for hydroxylation is 1. The maximum atomic E-state index is 5.41. The summed E-state index contributed by atoms with van der Waals surface area (Å²) in [7, 11) is 5.73. The molecule has 4 nitrogen and oxygen atoms in total. The van der Waals surface area contributed by atoms with E-state index in [1.807, 2.05) is 18.8 Å². The summed E-state index contributed by atoms with van der Waals surface area (Å²) >= 11 is 0. The van der Waals surface area contributed by atoms with E-state index in [9.17, 15) is 0 Å². The predicted molar refractivity (Wildman–Crippen MR) is 72.8 cm³/mol. The predicted octanol–water partition coefficient (Wildman–Crippen LogP) is 2.66. The van der Waals surface area contributed by atoms with E-state index >= 15 is 0 Å². The average Bonchev–Trinajstić information content (AvgIpc) is 2.78. The molecule has 1 atom stereocenters. The SMILES string of the molecule is CNC(CC1CCCCC1)c1c(OC)cnn1C. The van der Waals surface area contributed by atoms with Crippen LogP contribution in [0.15, 0.2) is 6.20 Å². The molecule has 18 heavy (non-hydrogen) atoms. The Bertz CT molecular complexity index is 369. The summed E-state index contributed by atoms with van der Waals surface area (Å²) in [6.45, 7) is 0. The third-order valence-electron chi connectivity index (χ3n) is 4.14. The summed E-state index contributed by atoms with van der Waals surface area (Å²) in [4.78, 5) is 0. The molecule has 0 radical (unpaired) electrons. The van der Waals surface area contributed by atoms with Gasteiger partial charge in [-0.25, -0.2) is 0 Å². The molecule has 2 rings (SSSR count). The third kappa shape index (κ3) is 2.86. The number of hydrogen-bond donors (Lipinski definition) is 1. The average molecular weight is 251 g/mol. The van der Waals surface area contributed by atoms with Crippen molar-refractivity contribution in [3.63, 3.8) is 0 Å². The second-order valence-corrected chi connectivity index (χ2v) is 5.30. The molecule has 1 fully saturated rings. The molecule has 1 aromatic heterocycles. The Labute approximate surface area is 110 Å². The molecule has 1 N–H and O–H groups in total. The van der Waals surface area contributed by atoms with E-state index in [4.69, 9.17) is 4.74 Å². The molecule has 0 bridgehead atoms. The third-order valence-corrected chi connectivity index (χ3v) is 4.14. The van der Waals surface area contributed by atoms with Crippen LogP contribution in [0.3, 0.4) is 0 Å². The highest BCUT2D eigenvalue weighted by Crippen LogP contribution is 2.34. The van der Waals surface area contributed by atoms with Gasteiger partial charge in [0.05, 0.1) is 25.0 Å². The van der Waals surface area contributed by atoms with Gasteiger partial charge in [-0.1, -0.05) is 32.1 Å². The lowest BCUT2D eigenvalue weighted by atomic mass is 9.84. The number of ether oxygens (including phenoxy) is 1. The van der Waals surface area contributed by atoms with Crippen molar-refractivity contribution in [2.45, 2.75) is 44.6 Å². The van der Waals surface area contributed by atoms with Gasteiger partial charge in [-0.3, -0.25) is 4.68 Å². The van der Waals surface area contributed by atoms with Crippen LogP contribution in [0.1, 0.15) is 50.3 Å². The van der Waals surface area contributed by atoms with Crippen LogP contribution in [0, 0.1) is 5.92 Å². The minimum Gasteiger partial charge on any atom is -0.493 e. The van der Waals surface area contributed by atoms with E-state index in [1.165, 1.54) is 44.2 Å². The van der Waals surface area contributed by atoms with Gasteiger partial charge in [0.1, 0.15) is 0 Å². The zero-order valence-corrected chi connectivity index (χ0v) is 11.8. The first-order valence-electron chi connectivity index (χ1n) is 6.99. The van der Waals surface area contributed by atoms with Crippen molar-refractivity contribution in [2.24, 2.45) is 13.0 Å². The van der Waals surface area contributed by atoms with Gasteiger partial charge in [0.2, 0.25) is 0 Å². The molecule has 1 unspecified atom stereocenters. The van der Waals surface area contributed by atoms with Gasteiger partial charge < -0.3 is 10.1 Å². The first-order chi connectivity index (χ1) is 8.76. The minimum absolute atomic E-state index is 0.343. The monoisotopic (exact) mass is 251 g/mol. The molecular weight excluding hydrogens is 226 g/mol. The van der Waals surface area contributed by atoms with Crippen molar-refractivity contribution < 1.29 is 4.74 Å². The maximum Gasteiger partial charge on any atom is 0.161 e. The largest absolute Gasteiger partial charge is 0.493 e. The fourth-order valence-corrected chi connectivity index (χ4v) is 3.10. The first kappa shape index (κ1) is 13.4. The Morgan fingerprint density at radius 3 is 2.78 bits per heavy atom. The molecule has 102 valence electrons. The number of hydrogen-bond acceptors (Lipinski definition) is 3. The summed E-state index contributed by atoms with van der Waals surface area (Å²) in [5.41, 5.74) is 1.17. The van der Waals surface area contributed by atoms with E-state index in [0.29, 0.717) is 6.04 Å². The van der Waals surface area contributed by atoms with E-state index in [-0.39, 0.29) is 0 Å². The Kier molecular flexibility index (Phi) is 4.64. The van der Waals surface area contributed by atoms with Crippen molar-refractivity contribution in [3.05, 3.63) is 11.9 Å². The zero-order valence-electron chi connectivity index (χ0n) is 11.8. The molecule has 1 heterocycles. The Hall–Kier alpha value is -1.03. The lowest BCUT2D eigenvalue weighted by molar-refractivity contribution is 0.296. The fraction of sp³-hybridized carbons (Fsp3) is 0.786. The summed E-state index contributed by atoms with van der Waals surface area (Å²) in [5.74, 6) is 1.74. The molecule has 1 aliphatic carbocycles. The van der Waals surface area contributed by atoms with Gasteiger partial charge in [-0.15, -0.1) is 0 Å². The Morgan fingerprint density at radius 2 is 2.17 bits per heavy atom. The number of nitrogens with one attached hydrogen (secondary N) is 1. The van der Waals surface area contributed by atoms with E-state index < -0.39 is 0 Å². The normalized spacial score (nSPS) is 18.8. The summed E-state index contributed by atoms with van der Waals surface area (Å²) in [6, 6.07) is 0.343. The molecule has 1 aromatic rings. The minimum atomic E-state index is 0.343.